The summed E-state index contributed by atoms with van der Waals surface area (Å²) in [4.78, 5) is 11.4. The van der Waals surface area contributed by atoms with E-state index in [4.69, 9.17) is 4.74 Å². The maximum absolute atomic E-state index is 13.6. The molecule has 19 heavy (non-hydrogen) atoms. The van der Waals surface area contributed by atoms with E-state index >= 15 is 0 Å². The summed E-state index contributed by atoms with van der Waals surface area (Å²) >= 11 is 0. The van der Waals surface area contributed by atoms with Gasteiger partial charge in [-0.05, 0) is 32.9 Å². The summed E-state index contributed by atoms with van der Waals surface area (Å²) in [5.41, 5.74) is -0.647. The topological polar surface area (TPSA) is 58.6 Å². The number of aliphatic hydroxyl groups excluding tert-OH is 1. The van der Waals surface area contributed by atoms with Crippen LogP contribution in [0.15, 0.2) is 18.2 Å². The lowest BCUT2D eigenvalue weighted by Gasteiger charge is -2.19. The standard InChI is InChI=1S/C13H17F2NO3/c1-13(2,3)19-12(18)16-8-4-5-9(10(15)6-8)11(17)7-14/h4-6,11,17H,7H2,1-3H3,(H,16,18). The number of carbonyl (C=O) groups is 1. The second-order valence-electron chi connectivity index (χ2n) is 5.03. The molecule has 0 aliphatic heterocycles. The summed E-state index contributed by atoms with van der Waals surface area (Å²) in [6.45, 7) is 4.03. The Morgan fingerprint density at radius 3 is 2.58 bits per heavy atom. The van der Waals surface area contributed by atoms with Crippen molar-refractivity contribution in [3.8, 4) is 0 Å². The summed E-state index contributed by atoms with van der Waals surface area (Å²) in [5, 5.41) is 11.6. The van der Waals surface area contributed by atoms with Crippen LogP contribution in [0.4, 0.5) is 19.3 Å². The maximum Gasteiger partial charge on any atom is 0.412 e. The van der Waals surface area contributed by atoms with Crippen molar-refractivity contribution >= 4 is 11.8 Å². The predicted molar refractivity (Wildman–Crippen MR) is 67.2 cm³/mol. The maximum atomic E-state index is 13.6. The first-order valence-corrected chi connectivity index (χ1v) is 5.76. The molecule has 0 spiro atoms. The van der Waals surface area contributed by atoms with Gasteiger partial charge in [0.15, 0.2) is 0 Å². The number of amides is 1. The van der Waals surface area contributed by atoms with Crippen LogP contribution in [0.5, 0.6) is 0 Å². The Morgan fingerprint density at radius 2 is 2.11 bits per heavy atom. The van der Waals surface area contributed by atoms with E-state index in [1.54, 1.807) is 20.8 Å². The van der Waals surface area contributed by atoms with Gasteiger partial charge >= 0.3 is 6.09 Å². The molecule has 1 aromatic rings. The SMILES string of the molecule is CC(C)(C)OC(=O)Nc1ccc(C(O)CF)c(F)c1. The Hall–Kier alpha value is -1.69. The van der Waals surface area contributed by atoms with Gasteiger partial charge in [-0.2, -0.15) is 0 Å². The van der Waals surface area contributed by atoms with Crippen LogP contribution in [0.1, 0.15) is 32.4 Å². The zero-order valence-corrected chi connectivity index (χ0v) is 11.0. The van der Waals surface area contributed by atoms with Crippen molar-refractivity contribution in [3.05, 3.63) is 29.6 Å². The Morgan fingerprint density at radius 1 is 1.47 bits per heavy atom. The Balaban J connectivity index is 2.76. The van der Waals surface area contributed by atoms with E-state index in [9.17, 15) is 18.7 Å². The van der Waals surface area contributed by atoms with E-state index in [1.807, 2.05) is 0 Å². The van der Waals surface area contributed by atoms with Crippen LogP contribution in [-0.2, 0) is 4.74 Å². The molecule has 1 amide bonds. The lowest BCUT2D eigenvalue weighted by atomic mass is 10.1. The van der Waals surface area contributed by atoms with E-state index in [2.05, 4.69) is 5.32 Å². The number of nitrogens with one attached hydrogen (secondary N) is 1. The van der Waals surface area contributed by atoms with Crippen LogP contribution in [0.3, 0.4) is 0 Å². The first-order valence-electron chi connectivity index (χ1n) is 5.76. The minimum atomic E-state index is -1.50. The van der Waals surface area contributed by atoms with Crippen molar-refractivity contribution in [2.24, 2.45) is 0 Å². The molecule has 0 aromatic heterocycles. The molecule has 106 valence electrons. The molecular formula is C13H17F2NO3. The highest BCUT2D eigenvalue weighted by atomic mass is 19.1. The van der Waals surface area contributed by atoms with E-state index in [-0.39, 0.29) is 11.3 Å². The van der Waals surface area contributed by atoms with Crippen LogP contribution in [0, 0.1) is 5.82 Å². The highest BCUT2D eigenvalue weighted by Gasteiger charge is 2.17. The zero-order chi connectivity index (χ0) is 14.6. The Labute approximate surface area is 110 Å². The van der Waals surface area contributed by atoms with Gasteiger partial charge in [0, 0.05) is 11.3 Å². The Kier molecular flexibility index (Phi) is 4.83. The number of hydrogen-bond acceptors (Lipinski definition) is 3. The number of alkyl halides is 1. The summed E-state index contributed by atoms with van der Waals surface area (Å²) in [5.74, 6) is -0.793. The van der Waals surface area contributed by atoms with E-state index in [0.29, 0.717) is 0 Å². The van der Waals surface area contributed by atoms with Crippen LogP contribution in [0.25, 0.3) is 0 Å². The molecule has 0 fully saturated rings. The Bertz CT molecular complexity index is 458. The quantitative estimate of drug-likeness (QED) is 0.889. The fraction of sp³-hybridized carbons (Fsp3) is 0.462. The molecule has 0 aliphatic carbocycles. The third kappa shape index (κ3) is 4.82. The molecule has 0 saturated carbocycles. The lowest BCUT2D eigenvalue weighted by Crippen LogP contribution is -2.27. The first kappa shape index (κ1) is 15.4. The van der Waals surface area contributed by atoms with Gasteiger partial charge < -0.3 is 9.84 Å². The average molecular weight is 273 g/mol. The minimum absolute atomic E-state index is 0.155. The normalized spacial score (nSPS) is 12.9. The number of ether oxygens (including phenoxy) is 1. The summed E-state index contributed by atoms with van der Waals surface area (Å²) in [6, 6.07) is 3.58. The van der Waals surface area contributed by atoms with Gasteiger partial charge in [-0.15, -0.1) is 0 Å². The molecule has 0 heterocycles. The second kappa shape index (κ2) is 5.97. The van der Waals surface area contributed by atoms with Gasteiger partial charge in [0.2, 0.25) is 0 Å². The molecule has 0 bridgehead atoms. The van der Waals surface area contributed by atoms with Crippen molar-refractivity contribution in [2.75, 3.05) is 12.0 Å². The van der Waals surface area contributed by atoms with E-state index < -0.39 is 30.3 Å². The fourth-order valence-corrected chi connectivity index (χ4v) is 1.38. The number of aliphatic hydroxyl groups is 1. The lowest BCUT2D eigenvalue weighted by molar-refractivity contribution is 0.0636. The third-order valence-corrected chi connectivity index (χ3v) is 2.15. The van der Waals surface area contributed by atoms with Gasteiger partial charge in [-0.25, -0.2) is 13.6 Å². The molecule has 2 N–H and O–H groups in total. The number of benzene rings is 1. The molecule has 6 heteroatoms. The summed E-state index contributed by atoms with van der Waals surface area (Å²) in [6.07, 6.45) is -2.22. The van der Waals surface area contributed by atoms with E-state index in [0.717, 1.165) is 6.07 Å². The van der Waals surface area contributed by atoms with Crippen molar-refractivity contribution in [1.29, 1.82) is 0 Å². The van der Waals surface area contributed by atoms with Gasteiger partial charge in [-0.1, -0.05) is 6.07 Å². The largest absolute Gasteiger partial charge is 0.444 e. The first-order chi connectivity index (χ1) is 8.73. The van der Waals surface area contributed by atoms with Crippen molar-refractivity contribution in [1.82, 2.24) is 0 Å². The minimum Gasteiger partial charge on any atom is -0.444 e. The highest BCUT2D eigenvalue weighted by molar-refractivity contribution is 5.84. The molecule has 0 radical (unpaired) electrons. The molecule has 4 nitrogen and oxygen atoms in total. The average Bonchev–Trinajstić information content (AvgIpc) is 2.25. The molecule has 0 aliphatic rings. The van der Waals surface area contributed by atoms with Crippen molar-refractivity contribution in [2.45, 2.75) is 32.5 Å². The summed E-state index contributed by atoms with van der Waals surface area (Å²) < 4.78 is 30.8. The molecule has 0 saturated heterocycles. The monoisotopic (exact) mass is 273 g/mol. The number of anilines is 1. The number of rotatable bonds is 3. The summed E-state index contributed by atoms with van der Waals surface area (Å²) in [7, 11) is 0. The van der Waals surface area contributed by atoms with Gasteiger partial charge in [-0.3, -0.25) is 5.32 Å². The van der Waals surface area contributed by atoms with Gasteiger partial charge in [0.25, 0.3) is 0 Å². The third-order valence-electron chi connectivity index (χ3n) is 2.15. The number of halogens is 2. The van der Waals surface area contributed by atoms with Crippen LogP contribution in [0.2, 0.25) is 0 Å². The molecule has 1 atom stereocenters. The van der Waals surface area contributed by atoms with Gasteiger partial charge in [0.05, 0.1) is 0 Å². The molecule has 1 unspecified atom stereocenters. The van der Waals surface area contributed by atoms with Crippen LogP contribution < -0.4 is 5.32 Å². The molecular weight excluding hydrogens is 256 g/mol. The van der Waals surface area contributed by atoms with Crippen LogP contribution >= 0.6 is 0 Å². The fourth-order valence-electron chi connectivity index (χ4n) is 1.38. The van der Waals surface area contributed by atoms with Crippen molar-refractivity contribution in [3.63, 3.8) is 0 Å². The zero-order valence-electron chi connectivity index (χ0n) is 11.0. The number of hydrogen-bond donors (Lipinski definition) is 2. The van der Waals surface area contributed by atoms with Gasteiger partial charge in [0.1, 0.15) is 24.2 Å². The molecule has 1 rings (SSSR count). The molecule has 1 aromatic carbocycles. The highest BCUT2D eigenvalue weighted by Crippen LogP contribution is 2.21. The number of carbonyl (C=O) groups excluding carboxylic acids is 1. The van der Waals surface area contributed by atoms with Crippen molar-refractivity contribution < 1.29 is 23.4 Å². The predicted octanol–water partition coefficient (Wildman–Crippen LogP) is 3.18. The van der Waals surface area contributed by atoms with E-state index in [1.165, 1.54) is 12.1 Å². The smallest absolute Gasteiger partial charge is 0.412 e. The van der Waals surface area contributed by atoms with Crippen LogP contribution in [-0.4, -0.2) is 23.5 Å². The second-order valence-corrected chi connectivity index (χ2v) is 5.03.